The molecule has 2 aromatic rings. The molecule has 3 rings (SSSR count). The molecule has 1 aromatic heterocycles. The van der Waals surface area contributed by atoms with E-state index in [1.807, 2.05) is 26.0 Å². The van der Waals surface area contributed by atoms with E-state index in [-0.39, 0.29) is 17.5 Å². The number of carbonyl (C=O) groups is 2. The van der Waals surface area contributed by atoms with Crippen LogP contribution in [0, 0.1) is 17.8 Å². The number of rotatable bonds is 9. The van der Waals surface area contributed by atoms with Crippen molar-refractivity contribution in [3.63, 3.8) is 0 Å². The summed E-state index contributed by atoms with van der Waals surface area (Å²) in [6, 6.07) is 12.2. The second kappa shape index (κ2) is 8.93. The van der Waals surface area contributed by atoms with Crippen LogP contribution in [-0.4, -0.2) is 16.8 Å². The molecule has 0 spiro atoms. The van der Waals surface area contributed by atoms with Crippen molar-refractivity contribution in [1.82, 2.24) is 10.5 Å². The van der Waals surface area contributed by atoms with Gasteiger partial charge in [-0.05, 0) is 60.9 Å². The zero-order valence-electron chi connectivity index (χ0n) is 16.6. The molecular formula is C22H26ClN3O3. The third-order valence-corrected chi connectivity index (χ3v) is 5.51. The van der Waals surface area contributed by atoms with Crippen molar-refractivity contribution in [2.75, 3.05) is 0 Å². The molecule has 1 saturated carbocycles. The molecule has 154 valence electrons. The number of primary amides is 1. The highest BCUT2D eigenvalue weighted by Crippen LogP contribution is 2.53. The fraction of sp³-hybridized carbons (Fsp3) is 0.409. The van der Waals surface area contributed by atoms with Gasteiger partial charge in [0.15, 0.2) is 0 Å². The number of hydrogen-bond acceptors (Lipinski definition) is 4. The summed E-state index contributed by atoms with van der Waals surface area (Å²) >= 11 is 6.08. The average Bonchev–Trinajstić information content (AvgIpc) is 3.54. The molecule has 2 atom stereocenters. The lowest BCUT2D eigenvalue weighted by atomic mass is 9.73. The van der Waals surface area contributed by atoms with E-state index in [0.29, 0.717) is 11.4 Å². The second-order valence-electron chi connectivity index (χ2n) is 7.91. The largest absolute Gasteiger partial charge is 0.369 e. The molecular weight excluding hydrogens is 390 g/mol. The van der Waals surface area contributed by atoms with Gasteiger partial charge in [0.25, 0.3) is 5.91 Å². The Hall–Kier alpha value is -2.44. The molecule has 0 aliphatic heterocycles. The van der Waals surface area contributed by atoms with Crippen LogP contribution in [0.15, 0.2) is 48.7 Å². The fourth-order valence-corrected chi connectivity index (χ4v) is 3.94. The van der Waals surface area contributed by atoms with E-state index in [9.17, 15) is 9.59 Å². The van der Waals surface area contributed by atoms with Gasteiger partial charge in [0.2, 0.25) is 5.91 Å². The van der Waals surface area contributed by atoms with E-state index in [4.69, 9.17) is 22.2 Å². The average molecular weight is 416 g/mol. The number of halogens is 1. The molecule has 3 N–H and O–H groups in total. The Labute approximate surface area is 175 Å². The number of aromatic nitrogens is 1. The molecule has 6 nitrogen and oxygen atoms in total. The maximum Gasteiger partial charge on any atom is 0.293 e. The van der Waals surface area contributed by atoms with Crippen LogP contribution < -0.4 is 11.2 Å². The summed E-state index contributed by atoms with van der Waals surface area (Å²) in [6.45, 7) is 4.06. The Morgan fingerprint density at radius 1 is 1.24 bits per heavy atom. The Morgan fingerprint density at radius 2 is 1.93 bits per heavy atom. The minimum Gasteiger partial charge on any atom is -0.369 e. The van der Waals surface area contributed by atoms with Gasteiger partial charge in [-0.1, -0.05) is 43.6 Å². The number of nitrogens with zero attached hydrogens (tertiary/aromatic N) is 1. The zero-order chi connectivity index (χ0) is 21.0. The van der Waals surface area contributed by atoms with Gasteiger partial charge in [-0.15, -0.1) is 0 Å². The summed E-state index contributed by atoms with van der Waals surface area (Å²) in [4.78, 5) is 35.3. The Bertz CT molecular complexity index is 853. The van der Waals surface area contributed by atoms with Crippen molar-refractivity contribution in [2.45, 2.75) is 38.7 Å². The number of nitrogens with two attached hydrogens (primary N) is 1. The van der Waals surface area contributed by atoms with Crippen LogP contribution in [-0.2, 0) is 15.2 Å². The lowest BCUT2D eigenvalue weighted by Gasteiger charge is -2.40. The van der Waals surface area contributed by atoms with Crippen LogP contribution in [0.4, 0.5) is 0 Å². The first-order valence-electron chi connectivity index (χ1n) is 9.79. The first kappa shape index (κ1) is 21.3. The topological polar surface area (TPSA) is 94.3 Å². The quantitative estimate of drug-likeness (QED) is 0.608. The SMILES string of the molecule is CC(C)C[C@H](C(N)=O)C(ONC(=O)c1ccccn1)(c1ccc(Cl)cc1)C1CC1. The van der Waals surface area contributed by atoms with Gasteiger partial charge >= 0.3 is 0 Å². The van der Waals surface area contributed by atoms with Crippen molar-refractivity contribution < 1.29 is 14.4 Å². The number of nitrogens with one attached hydrogen (secondary N) is 1. The van der Waals surface area contributed by atoms with Crippen molar-refractivity contribution in [3.05, 3.63) is 64.9 Å². The van der Waals surface area contributed by atoms with Crippen molar-refractivity contribution in [2.24, 2.45) is 23.5 Å². The number of pyridine rings is 1. The summed E-state index contributed by atoms with van der Waals surface area (Å²) in [6.07, 6.45) is 3.83. The summed E-state index contributed by atoms with van der Waals surface area (Å²) < 4.78 is 0. The highest BCUT2D eigenvalue weighted by molar-refractivity contribution is 6.30. The lowest BCUT2D eigenvalue weighted by molar-refractivity contribution is -0.165. The lowest BCUT2D eigenvalue weighted by Crippen LogP contribution is -2.51. The Kier molecular flexibility index (Phi) is 6.55. The molecule has 7 heteroatoms. The first-order chi connectivity index (χ1) is 13.8. The van der Waals surface area contributed by atoms with Crippen LogP contribution in [0.25, 0.3) is 0 Å². The van der Waals surface area contributed by atoms with E-state index in [1.165, 1.54) is 6.20 Å². The molecule has 0 saturated heterocycles. The normalized spacial score (nSPS) is 16.8. The third-order valence-electron chi connectivity index (χ3n) is 5.26. The van der Waals surface area contributed by atoms with Crippen LogP contribution in [0.3, 0.4) is 0 Å². The third kappa shape index (κ3) is 4.77. The number of hydroxylamine groups is 1. The number of hydrogen-bond donors (Lipinski definition) is 2. The molecule has 0 radical (unpaired) electrons. The zero-order valence-corrected chi connectivity index (χ0v) is 17.4. The standard InChI is InChI=1S/C22H26ClN3O3/c1-14(2)13-18(20(24)27)22(15-6-7-15,16-8-10-17(23)11-9-16)29-26-21(28)19-5-3-4-12-25-19/h3-5,8-12,14-15,18H,6-7,13H2,1-2H3,(H2,24,27)(H,26,28)/t18-,22?/m1/s1. The summed E-state index contributed by atoms with van der Waals surface area (Å²) in [5.41, 5.74) is 8.33. The van der Waals surface area contributed by atoms with Crippen molar-refractivity contribution >= 4 is 23.4 Å². The van der Waals surface area contributed by atoms with Gasteiger partial charge in [0.05, 0.1) is 5.92 Å². The Balaban J connectivity index is 2.00. The summed E-state index contributed by atoms with van der Waals surface area (Å²) in [5, 5.41) is 0.579. The number of carbonyl (C=O) groups excluding carboxylic acids is 2. The molecule has 1 fully saturated rings. The van der Waals surface area contributed by atoms with Crippen LogP contribution in [0.5, 0.6) is 0 Å². The van der Waals surface area contributed by atoms with Crippen LogP contribution in [0.1, 0.15) is 49.2 Å². The van der Waals surface area contributed by atoms with Gasteiger partial charge in [-0.3, -0.25) is 19.4 Å². The minimum atomic E-state index is -1.06. The molecule has 1 heterocycles. The van der Waals surface area contributed by atoms with Gasteiger partial charge in [-0.25, -0.2) is 5.48 Å². The molecule has 1 unspecified atom stereocenters. The second-order valence-corrected chi connectivity index (χ2v) is 8.34. The molecule has 29 heavy (non-hydrogen) atoms. The molecule has 0 bridgehead atoms. The van der Waals surface area contributed by atoms with Gasteiger partial charge in [0, 0.05) is 11.2 Å². The summed E-state index contributed by atoms with van der Waals surface area (Å²) in [7, 11) is 0. The smallest absolute Gasteiger partial charge is 0.293 e. The highest BCUT2D eigenvalue weighted by Gasteiger charge is 2.56. The predicted octanol–water partition coefficient (Wildman–Crippen LogP) is 3.85. The van der Waals surface area contributed by atoms with E-state index >= 15 is 0 Å². The Morgan fingerprint density at radius 3 is 2.45 bits per heavy atom. The van der Waals surface area contributed by atoms with E-state index in [0.717, 1.165) is 18.4 Å². The van der Waals surface area contributed by atoms with Gasteiger partial charge in [0.1, 0.15) is 11.3 Å². The predicted molar refractivity (Wildman–Crippen MR) is 111 cm³/mol. The monoisotopic (exact) mass is 415 g/mol. The van der Waals surface area contributed by atoms with E-state index < -0.39 is 23.3 Å². The molecule has 1 aromatic carbocycles. The van der Waals surface area contributed by atoms with Crippen LogP contribution in [0.2, 0.25) is 5.02 Å². The number of benzene rings is 1. The number of amides is 2. The minimum absolute atomic E-state index is 0.0592. The van der Waals surface area contributed by atoms with Crippen LogP contribution >= 0.6 is 11.6 Å². The van der Waals surface area contributed by atoms with Crippen molar-refractivity contribution in [1.29, 1.82) is 0 Å². The maximum atomic E-state index is 12.6. The van der Waals surface area contributed by atoms with E-state index in [2.05, 4.69) is 10.5 Å². The molecule has 1 aliphatic carbocycles. The van der Waals surface area contributed by atoms with Crippen molar-refractivity contribution in [3.8, 4) is 0 Å². The fourth-order valence-electron chi connectivity index (χ4n) is 3.81. The van der Waals surface area contributed by atoms with Gasteiger partial charge < -0.3 is 5.73 Å². The van der Waals surface area contributed by atoms with E-state index in [1.54, 1.807) is 30.3 Å². The maximum absolute atomic E-state index is 12.6. The van der Waals surface area contributed by atoms with Gasteiger partial charge in [-0.2, -0.15) is 0 Å². The molecule has 2 amide bonds. The molecule has 1 aliphatic rings. The highest BCUT2D eigenvalue weighted by atomic mass is 35.5. The first-order valence-corrected chi connectivity index (χ1v) is 10.2. The summed E-state index contributed by atoms with van der Waals surface area (Å²) in [5.74, 6) is -1.26.